The number of aromatic nitrogens is 3. The van der Waals surface area contributed by atoms with Crippen molar-refractivity contribution < 1.29 is 9.18 Å². The molecule has 1 amide bonds. The standard InChI is InChI=1S/C24H18ClFN4O3/c25-18-11-5-4-10-17(18)15-29-23(32)21(22(31)27-14-16-8-2-1-3-9-16)28-30(24(29)33)20-13-7-6-12-19(20)26/h1-13H,14-15H2,(H,27,31). The molecule has 33 heavy (non-hydrogen) atoms. The smallest absolute Gasteiger partial charge is 0.346 e. The molecular weight excluding hydrogens is 447 g/mol. The molecule has 4 aromatic rings. The molecule has 1 aromatic heterocycles. The van der Waals surface area contributed by atoms with E-state index in [2.05, 4.69) is 10.4 Å². The number of amides is 1. The maximum Gasteiger partial charge on any atom is 0.352 e. The van der Waals surface area contributed by atoms with Crippen molar-refractivity contribution in [2.75, 3.05) is 0 Å². The summed E-state index contributed by atoms with van der Waals surface area (Å²) < 4.78 is 16.0. The summed E-state index contributed by atoms with van der Waals surface area (Å²) in [6, 6.07) is 21.2. The van der Waals surface area contributed by atoms with Crippen LogP contribution in [0.15, 0.2) is 88.5 Å². The van der Waals surface area contributed by atoms with Crippen molar-refractivity contribution in [1.29, 1.82) is 0 Å². The van der Waals surface area contributed by atoms with Gasteiger partial charge in [0.1, 0.15) is 11.5 Å². The average molecular weight is 465 g/mol. The third-order valence-corrected chi connectivity index (χ3v) is 5.31. The Balaban J connectivity index is 1.82. The number of nitrogens with zero attached hydrogens (tertiary/aromatic N) is 3. The highest BCUT2D eigenvalue weighted by Crippen LogP contribution is 2.15. The summed E-state index contributed by atoms with van der Waals surface area (Å²) >= 11 is 6.20. The van der Waals surface area contributed by atoms with E-state index < -0.39 is 28.7 Å². The minimum Gasteiger partial charge on any atom is -0.346 e. The second kappa shape index (κ2) is 9.62. The van der Waals surface area contributed by atoms with Crippen LogP contribution in [0.1, 0.15) is 21.6 Å². The van der Waals surface area contributed by atoms with Gasteiger partial charge in [-0.15, -0.1) is 0 Å². The Labute approximate surface area is 192 Å². The summed E-state index contributed by atoms with van der Waals surface area (Å²) in [6.45, 7) is -0.0720. The van der Waals surface area contributed by atoms with E-state index in [0.717, 1.165) is 16.2 Å². The molecule has 0 saturated heterocycles. The fourth-order valence-electron chi connectivity index (χ4n) is 3.24. The van der Waals surface area contributed by atoms with Crippen molar-refractivity contribution >= 4 is 17.5 Å². The van der Waals surface area contributed by atoms with Crippen molar-refractivity contribution in [2.45, 2.75) is 13.1 Å². The fourth-order valence-corrected chi connectivity index (χ4v) is 3.43. The van der Waals surface area contributed by atoms with E-state index in [1.54, 1.807) is 24.3 Å². The van der Waals surface area contributed by atoms with Gasteiger partial charge >= 0.3 is 5.69 Å². The SMILES string of the molecule is O=C(NCc1ccccc1)c1nn(-c2ccccc2F)c(=O)n(Cc2ccccc2Cl)c1=O. The summed E-state index contributed by atoms with van der Waals surface area (Å²) in [5, 5.41) is 6.89. The van der Waals surface area contributed by atoms with Crippen LogP contribution in [0, 0.1) is 5.82 Å². The Morgan fingerprint density at radius 1 is 0.939 bits per heavy atom. The summed E-state index contributed by atoms with van der Waals surface area (Å²) in [6.07, 6.45) is 0. The molecule has 9 heteroatoms. The normalized spacial score (nSPS) is 10.7. The largest absolute Gasteiger partial charge is 0.352 e. The Morgan fingerprint density at radius 2 is 1.61 bits per heavy atom. The molecule has 0 radical (unpaired) electrons. The number of halogens is 2. The van der Waals surface area contributed by atoms with Gasteiger partial charge in [0, 0.05) is 11.6 Å². The molecule has 0 aliphatic carbocycles. The van der Waals surface area contributed by atoms with Gasteiger partial charge in [-0.1, -0.05) is 72.3 Å². The number of para-hydroxylation sites is 1. The first kappa shape index (κ1) is 22.2. The molecule has 0 bridgehead atoms. The second-order valence-corrected chi connectivity index (χ2v) is 7.55. The van der Waals surface area contributed by atoms with E-state index in [1.807, 2.05) is 30.3 Å². The lowest BCUT2D eigenvalue weighted by atomic mass is 10.2. The Morgan fingerprint density at radius 3 is 2.33 bits per heavy atom. The van der Waals surface area contributed by atoms with Crippen LogP contribution in [-0.4, -0.2) is 20.3 Å². The average Bonchev–Trinajstić information content (AvgIpc) is 2.83. The minimum absolute atomic E-state index is 0.143. The maximum atomic E-state index is 14.5. The van der Waals surface area contributed by atoms with Gasteiger partial charge in [-0.25, -0.2) is 9.18 Å². The van der Waals surface area contributed by atoms with E-state index in [1.165, 1.54) is 18.2 Å². The third-order valence-electron chi connectivity index (χ3n) is 4.94. The zero-order valence-electron chi connectivity index (χ0n) is 17.2. The van der Waals surface area contributed by atoms with Crippen molar-refractivity contribution in [3.05, 3.63) is 127 Å². The summed E-state index contributed by atoms with van der Waals surface area (Å²) in [5.74, 6) is -1.52. The Kier molecular flexibility index (Phi) is 6.46. The highest BCUT2D eigenvalue weighted by molar-refractivity contribution is 6.31. The van der Waals surface area contributed by atoms with Crippen molar-refractivity contribution in [3.63, 3.8) is 0 Å². The summed E-state index contributed by atoms with van der Waals surface area (Å²) in [7, 11) is 0. The molecule has 4 rings (SSSR count). The lowest BCUT2D eigenvalue weighted by molar-refractivity contribution is 0.0941. The van der Waals surface area contributed by atoms with Crippen molar-refractivity contribution in [3.8, 4) is 5.69 Å². The van der Waals surface area contributed by atoms with Crippen molar-refractivity contribution in [2.24, 2.45) is 0 Å². The molecule has 0 aliphatic rings. The quantitative estimate of drug-likeness (QED) is 0.475. The number of rotatable bonds is 6. The monoisotopic (exact) mass is 464 g/mol. The van der Waals surface area contributed by atoms with Gasteiger partial charge in [-0.2, -0.15) is 9.78 Å². The zero-order valence-corrected chi connectivity index (χ0v) is 18.0. The van der Waals surface area contributed by atoms with Crippen LogP contribution in [0.2, 0.25) is 5.02 Å². The molecule has 0 fully saturated rings. The highest BCUT2D eigenvalue weighted by atomic mass is 35.5. The molecular formula is C24H18ClFN4O3. The van der Waals surface area contributed by atoms with E-state index in [9.17, 15) is 18.8 Å². The van der Waals surface area contributed by atoms with Crippen molar-refractivity contribution in [1.82, 2.24) is 19.7 Å². The fraction of sp³-hybridized carbons (Fsp3) is 0.0833. The molecule has 0 atom stereocenters. The third kappa shape index (κ3) is 4.75. The topological polar surface area (TPSA) is 86.0 Å². The van der Waals surface area contributed by atoms with Crippen LogP contribution in [0.5, 0.6) is 0 Å². The van der Waals surface area contributed by atoms with Crippen LogP contribution in [0.4, 0.5) is 4.39 Å². The van der Waals surface area contributed by atoms with Gasteiger partial charge in [0.2, 0.25) is 5.69 Å². The van der Waals surface area contributed by atoms with Gasteiger partial charge in [-0.3, -0.25) is 14.2 Å². The van der Waals surface area contributed by atoms with E-state index in [0.29, 0.717) is 15.3 Å². The first-order valence-corrected chi connectivity index (χ1v) is 10.4. The lowest BCUT2D eigenvalue weighted by Gasteiger charge is -2.13. The molecule has 7 nitrogen and oxygen atoms in total. The number of hydrogen-bond donors (Lipinski definition) is 1. The predicted molar refractivity (Wildman–Crippen MR) is 122 cm³/mol. The molecule has 1 N–H and O–H groups in total. The number of hydrogen-bond acceptors (Lipinski definition) is 4. The van der Waals surface area contributed by atoms with Crippen LogP contribution < -0.4 is 16.6 Å². The van der Waals surface area contributed by atoms with E-state index in [-0.39, 0.29) is 18.8 Å². The van der Waals surface area contributed by atoms with Gasteiger partial charge in [0.15, 0.2) is 0 Å². The zero-order chi connectivity index (χ0) is 23.4. The van der Waals surface area contributed by atoms with Crippen LogP contribution in [-0.2, 0) is 13.1 Å². The van der Waals surface area contributed by atoms with E-state index >= 15 is 0 Å². The van der Waals surface area contributed by atoms with E-state index in [4.69, 9.17) is 11.6 Å². The van der Waals surface area contributed by atoms with Crippen LogP contribution in [0.3, 0.4) is 0 Å². The number of carbonyl (C=O) groups is 1. The number of benzene rings is 3. The molecule has 0 spiro atoms. The highest BCUT2D eigenvalue weighted by Gasteiger charge is 2.22. The van der Waals surface area contributed by atoms with Gasteiger partial charge in [-0.05, 0) is 29.3 Å². The second-order valence-electron chi connectivity index (χ2n) is 7.15. The Hall–Kier alpha value is -4.04. The maximum absolute atomic E-state index is 14.5. The summed E-state index contributed by atoms with van der Waals surface area (Å²) in [5.41, 5.74) is -1.24. The molecule has 0 unspecified atom stereocenters. The van der Waals surface area contributed by atoms with Crippen LogP contribution in [0.25, 0.3) is 5.69 Å². The van der Waals surface area contributed by atoms with Gasteiger partial charge in [0.05, 0.1) is 6.54 Å². The lowest BCUT2D eigenvalue weighted by Crippen LogP contribution is -2.46. The van der Waals surface area contributed by atoms with Crippen LogP contribution >= 0.6 is 11.6 Å². The predicted octanol–water partition coefficient (Wildman–Crippen LogP) is 3.17. The molecule has 0 saturated carbocycles. The molecule has 3 aromatic carbocycles. The summed E-state index contributed by atoms with van der Waals surface area (Å²) in [4.78, 5) is 39.1. The number of nitrogens with one attached hydrogen (secondary N) is 1. The Bertz CT molecular complexity index is 1430. The molecule has 0 aliphatic heterocycles. The van der Waals surface area contributed by atoms with Gasteiger partial charge in [0.25, 0.3) is 11.5 Å². The first-order chi connectivity index (χ1) is 16.0. The first-order valence-electron chi connectivity index (χ1n) is 10.0. The minimum atomic E-state index is -0.905. The molecule has 166 valence electrons. The molecule has 1 heterocycles. The number of carbonyl (C=O) groups excluding carboxylic acids is 1. The van der Waals surface area contributed by atoms with Gasteiger partial charge < -0.3 is 5.32 Å².